The Morgan fingerprint density at radius 1 is 1.00 bits per heavy atom. The van der Waals surface area contributed by atoms with Gasteiger partial charge in [-0.25, -0.2) is 4.98 Å². The highest BCUT2D eigenvalue weighted by atomic mass is 79.9. The number of aryl methyl sites for hydroxylation is 1. The van der Waals surface area contributed by atoms with Crippen LogP contribution in [-0.4, -0.2) is 25.2 Å². The Morgan fingerprint density at radius 3 is 2.55 bits per heavy atom. The van der Waals surface area contributed by atoms with Crippen LogP contribution in [0.4, 0.5) is 0 Å². The maximum absolute atomic E-state index is 5.98. The van der Waals surface area contributed by atoms with Gasteiger partial charge in [0, 0.05) is 29.8 Å². The zero-order valence-corrected chi connectivity index (χ0v) is 18.2. The summed E-state index contributed by atoms with van der Waals surface area (Å²) in [5, 5.41) is 3.37. The number of benzene rings is 2. The van der Waals surface area contributed by atoms with Crippen LogP contribution in [0.5, 0.6) is 17.4 Å². The summed E-state index contributed by atoms with van der Waals surface area (Å²) in [7, 11) is 1.65. The van der Waals surface area contributed by atoms with Gasteiger partial charge in [0.05, 0.1) is 7.11 Å². The molecule has 0 amide bonds. The fraction of sp³-hybridized carbons (Fsp3) is 0.261. The summed E-state index contributed by atoms with van der Waals surface area (Å²) in [6.45, 7) is 4.50. The van der Waals surface area contributed by atoms with Crippen molar-refractivity contribution in [3.05, 3.63) is 82.0 Å². The van der Waals surface area contributed by atoms with E-state index in [1.807, 2.05) is 30.3 Å². The van der Waals surface area contributed by atoms with Crippen molar-refractivity contribution >= 4 is 15.9 Å². The van der Waals surface area contributed by atoms with Crippen molar-refractivity contribution in [2.75, 3.05) is 20.3 Å². The van der Waals surface area contributed by atoms with Gasteiger partial charge in [-0.3, -0.25) is 0 Å². The van der Waals surface area contributed by atoms with E-state index in [0.717, 1.165) is 15.6 Å². The fourth-order valence-electron chi connectivity index (χ4n) is 2.71. The lowest BCUT2D eigenvalue weighted by Crippen LogP contribution is -2.21. The van der Waals surface area contributed by atoms with Gasteiger partial charge in [0.1, 0.15) is 13.2 Å². The van der Waals surface area contributed by atoms with Crippen molar-refractivity contribution in [3.8, 4) is 17.4 Å². The number of pyridine rings is 1. The van der Waals surface area contributed by atoms with E-state index < -0.39 is 0 Å². The van der Waals surface area contributed by atoms with E-state index in [4.69, 9.17) is 14.2 Å². The molecular weight excluding hydrogens is 432 g/mol. The third-order valence-electron chi connectivity index (χ3n) is 4.33. The highest BCUT2D eigenvalue weighted by Crippen LogP contribution is 2.34. The molecule has 0 atom stereocenters. The molecule has 1 heterocycles. The number of nitrogens with one attached hydrogen (secondary N) is 1. The molecule has 1 aromatic heterocycles. The minimum atomic E-state index is 0.492. The van der Waals surface area contributed by atoms with E-state index in [0.29, 0.717) is 43.7 Å². The zero-order valence-electron chi connectivity index (χ0n) is 16.7. The van der Waals surface area contributed by atoms with Crippen molar-refractivity contribution in [1.82, 2.24) is 10.3 Å². The van der Waals surface area contributed by atoms with E-state index in [-0.39, 0.29) is 0 Å². The van der Waals surface area contributed by atoms with Crippen molar-refractivity contribution in [2.45, 2.75) is 20.1 Å². The Balaban J connectivity index is 1.52. The molecule has 2 aromatic carbocycles. The maximum atomic E-state index is 5.98. The summed E-state index contributed by atoms with van der Waals surface area (Å²) < 4.78 is 18.1. The number of hydrogen-bond acceptors (Lipinski definition) is 5. The predicted molar refractivity (Wildman–Crippen MR) is 118 cm³/mol. The van der Waals surface area contributed by atoms with Crippen LogP contribution in [0.15, 0.2) is 65.3 Å². The number of hydrogen-bond donors (Lipinski definition) is 1. The van der Waals surface area contributed by atoms with E-state index in [1.165, 1.54) is 5.56 Å². The normalized spacial score (nSPS) is 10.6. The van der Waals surface area contributed by atoms with Crippen LogP contribution in [0.25, 0.3) is 0 Å². The lowest BCUT2D eigenvalue weighted by Gasteiger charge is -2.15. The average molecular weight is 457 g/mol. The smallest absolute Gasteiger partial charge is 0.213 e. The monoisotopic (exact) mass is 456 g/mol. The first-order chi connectivity index (χ1) is 14.2. The second-order valence-electron chi connectivity index (χ2n) is 6.56. The first-order valence-electron chi connectivity index (χ1n) is 9.45. The van der Waals surface area contributed by atoms with Crippen molar-refractivity contribution in [1.29, 1.82) is 0 Å². The van der Waals surface area contributed by atoms with Crippen LogP contribution in [0.3, 0.4) is 0 Å². The molecular formula is C23H25BrN2O3. The molecule has 0 aliphatic rings. The van der Waals surface area contributed by atoms with Gasteiger partial charge in [0.25, 0.3) is 0 Å². The predicted octanol–water partition coefficient (Wildman–Crippen LogP) is 4.91. The minimum absolute atomic E-state index is 0.492. The van der Waals surface area contributed by atoms with Crippen LogP contribution in [0.2, 0.25) is 0 Å². The van der Waals surface area contributed by atoms with Gasteiger partial charge in [0.15, 0.2) is 11.5 Å². The van der Waals surface area contributed by atoms with Crippen LogP contribution in [0.1, 0.15) is 16.7 Å². The van der Waals surface area contributed by atoms with E-state index in [2.05, 4.69) is 57.4 Å². The molecule has 1 N–H and O–H groups in total. The molecule has 0 aliphatic heterocycles. The van der Waals surface area contributed by atoms with Crippen LogP contribution in [0, 0.1) is 6.92 Å². The molecule has 3 aromatic rings. The van der Waals surface area contributed by atoms with Crippen molar-refractivity contribution in [2.24, 2.45) is 0 Å². The molecule has 3 rings (SSSR count). The number of rotatable bonds is 10. The largest absolute Gasteiger partial charge is 0.493 e. The van der Waals surface area contributed by atoms with Gasteiger partial charge in [-0.15, -0.1) is 0 Å². The summed E-state index contributed by atoms with van der Waals surface area (Å²) in [6, 6.07) is 17.9. The molecule has 0 aliphatic carbocycles. The van der Waals surface area contributed by atoms with Crippen molar-refractivity contribution < 1.29 is 14.2 Å². The summed E-state index contributed by atoms with van der Waals surface area (Å²) in [6.07, 6.45) is 1.72. The molecule has 0 bridgehead atoms. The highest BCUT2D eigenvalue weighted by molar-refractivity contribution is 9.10. The molecule has 5 nitrogen and oxygen atoms in total. The van der Waals surface area contributed by atoms with Crippen LogP contribution >= 0.6 is 15.9 Å². The molecule has 0 spiro atoms. The van der Waals surface area contributed by atoms with Gasteiger partial charge in [-0.1, -0.05) is 51.8 Å². The molecule has 0 saturated carbocycles. The molecule has 0 unspecified atom stereocenters. The van der Waals surface area contributed by atoms with E-state index >= 15 is 0 Å². The first-order valence-corrected chi connectivity index (χ1v) is 10.2. The van der Waals surface area contributed by atoms with Gasteiger partial charge in [-0.2, -0.15) is 0 Å². The topological polar surface area (TPSA) is 52.6 Å². The zero-order chi connectivity index (χ0) is 20.5. The molecule has 0 radical (unpaired) electrons. The highest BCUT2D eigenvalue weighted by Gasteiger charge is 2.11. The first kappa shape index (κ1) is 21.1. The Hall–Kier alpha value is -2.57. The summed E-state index contributed by atoms with van der Waals surface area (Å²) in [4.78, 5) is 4.14. The third kappa shape index (κ3) is 6.48. The van der Waals surface area contributed by atoms with Gasteiger partial charge >= 0.3 is 0 Å². The number of ether oxygens (including phenoxy) is 3. The summed E-state index contributed by atoms with van der Waals surface area (Å²) >= 11 is 3.64. The van der Waals surface area contributed by atoms with Crippen molar-refractivity contribution in [3.63, 3.8) is 0 Å². The Bertz CT molecular complexity index is 902. The summed E-state index contributed by atoms with van der Waals surface area (Å²) in [5.41, 5.74) is 3.44. The molecule has 0 saturated heterocycles. The average Bonchev–Trinajstić information content (AvgIpc) is 2.75. The lowest BCUT2D eigenvalue weighted by molar-refractivity contribution is 0.284. The Kier molecular flexibility index (Phi) is 7.90. The second-order valence-corrected chi connectivity index (χ2v) is 7.42. The number of halogens is 1. The number of nitrogens with zero attached hydrogens (tertiary/aromatic N) is 1. The fourth-order valence-corrected chi connectivity index (χ4v) is 3.18. The van der Waals surface area contributed by atoms with E-state index in [1.54, 1.807) is 13.3 Å². The SMILES string of the molecule is COc1cc(CNCCOc2ccccn2)c(Br)cc1OCc1ccc(C)cc1. The number of aromatic nitrogens is 1. The molecule has 152 valence electrons. The standard InChI is InChI=1S/C23H25BrN2O3/c1-17-6-8-18(9-7-17)16-29-22-14-20(24)19(13-21(22)27-2)15-25-11-12-28-23-5-3-4-10-26-23/h3-10,13-14,25H,11-12,15-16H2,1-2H3. The lowest BCUT2D eigenvalue weighted by atomic mass is 10.1. The van der Waals surface area contributed by atoms with Crippen LogP contribution in [-0.2, 0) is 13.2 Å². The molecule has 0 fully saturated rings. The molecule has 6 heteroatoms. The summed E-state index contributed by atoms with van der Waals surface area (Å²) in [5.74, 6) is 2.05. The Morgan fingerprint density at radius 2 is 1.83 bits per heavy atom. The van der Waals surface area contributed by atoms with Gasteiger partial charge < -0.3 is 19.5 Å². The van der Waals surface area contributed by atoms with Gasteiger partial charge in [-0.05, 0) is 36.2 Å². The quantitative estimate of drug-likeness (QED) is 0.439. The third-order valence-corrected chi connectivity index (χ3v) is 5.07. The second kappa shape index (κ2) is 10.8. The minimum Gasteiger partial charge on any atom is -0.493 e. The van der Waals surface area contributed by atoms with E-state index in [9.17, 15) is 0 Å². The number of methoxy groups -OCH3 is 1. The molecule has 29 heavy (non-hydrogen) atoms. The van der Waals surface area contributed by atoms with Crippen LogP contribution < -0.4 is 19.5 Å². The van der Waals surface area contributed by atoms with Gasteiger partial charge in [0.2, 0.25) is 5.88 Å². The maximum Gasteiger partial charge on any atom is 0.213 e. The Labute approximate surface area is 180 Å².